The van der Waals surface area contributed by atoms with Crippen LogP contribution >= 0.6 is 0 Å². The van der Waals surface area contributed by atoms with Gasteiger partial charge in [-0.3, -0.25) is 4.98 Å². The molecule has 0 fully saturated rings. The van der Waals surface area contributed by atoms with Gasteiger partial charge in [0, 0.05) is 29.7 Å². The summed E-state index contributed by atoms with van der Waals surface area (Å²) in [5, 5.41) is 7.13. The monoisotopic (exact) mass is 160 g/mol. The third-order valence-corrected chi connectivity index (χ3v) is 1.58. The van der Waals surface area contributed by atoms with Gasteiger partial charge in [0.2, 0.25) is 0 Å². The summed E-state index contributed by atoms with van der Waals surface area (Å²) >= 11 is 0. The fraction of sp³-hybridized carbons (Fsp3) is 0.200. The highest BCUT2D eigenvalue weighted by molar-refractivity contribution is 5.82. The van der Waals surface area contributed by atoms with Gasteiger partial charge in [0.25, 0.3) is 0 Å². The van der Waals surface area contributed by atoms with Crippen LogP contribution in [-0.2, 0) is 0 Å². The molecule has 1 aromatic rings. The molecule has 12 heavy (non-hydrogen) atoms. The average Bonchev–Trinajstić information content (AvgIpc) is 2.15. The van der Waals surface area contributed by atoms with Gasteiger partial charge in [-0.2, -0.15) is 0 Å². The Morgan fingerprint density at radius 1 is 1.50 bits per heavy atom. The van der Waals surface area contributed by atoms with Crippen molar-refractivity contribution in [3.63, 3.8) is 0 Å². The minimum absolute atomic E-state index is 0.912. The summed E-state index contributed by atoms with van der Waals surface area (Å²) in [4.78, 5) is 3.99. The molecule has 0 aliphatic rings. The molecule has 0 bridgehead atoms. The molecule has 0 aliphatic heterocycles. The second-order valence-corrected chi connectivity index (χ2v) is 2.46. The van der Waals surface area contributed by atoms with Crippen LogP contribution in [0, 0.1) is 5.41 Å². The third kappa shape index (κ3) is 2.02. The lowest BCUT2D eigenvalue weighted by molar-refractivity contribution is 1.23. The van der Waals surface area contributed by atoms with Crippen molar-refractivity contribution in [3.8, 4) is 0 Å². The molecule has 0 aliphatic carbocycles. The average molecular weight is 160 g/mol. The number of allylic oxidation sites excluding steroid dienone is 1. The maximum atomic E-state index is 7.13. The van der Waals surface area contributed by atoms with Crippen molar-refractivity contribution < 1.29 is 0 Å². The van der Waals surface area contributed by atoms with Crippen molar-refractivity contribution >= 4 is 12.3 Å². The van der Waals surface area contributed by atoms with Crippen molar-refractivity contribution in [2.75, 3.05) is 0 Å². The molecule has 1 aromatic heterocycles. The first-order chi connectivity index (χ1) is 5.88. The van der Waals surface area contributed by atoms with Crippen molar-refractivity contribution in [1.29, 1.82) is 5.41 Å². The smallest absolute Gasteiger partial charge is 0.0346 e. The number of hydrogen-bond acceptors (Lipinski definition) is 2. The Kier molecular flexibility index (Phi) is 3.20. The second kappa shape index (κ2) is 4.44. The van der Waals surface area contributed by atoms with E-state index in [2.05, 4.69) is 18.0 Å². The fourth-order valence-electron chi connectivity index (χ4n) is 0.933. The molecule has 0 saturated heterocycles. The Morgan fingerprint density at radius 3 is 3.00 bits per heavy atom. The highest BCUT2D eigenvalue weighted by Gasteiger charge is 1.92. The van der Waals surface area contributed by atoms with Crippen LogP contribution in [0.1, 0.15) is 24.5 Å². The van der Waals surface area contributed by atoms with Gasteiger partial charge in [-0.15, -0.1) is 0 Å². The number of aromatic nitrogens is 1. The highest BCUT2D eigenvalue weighted by Crippen LogP contribution is 2.06. The van der Waals surface area contributed by atoms with E-state index in [4.69, 9.17) is 5.41 Å². The van der Waals surface area contributed by atoms with Gasteiger partial charge < -0.3 is 5.41 Å². The molecule has 0 radical (unpaired) electrons. The van der Waals surface area contributed by atoms with Crippen LogP contribution in [0.15, 0.2) is 24.5 Å². The summed E-state index contributed by atoms with van der Waals surface area (Å²) < 4.78 is 0. The Labute approximate surface area is 72.5 Å². The number of nitrogens with zero attached hydrogens (tertiary/aromatic N) is 1. The van der Waals surface area contributed by atoms with Crippen molar-refractivity contribution in [1.82, 2.24) is 4.98 Å². The molecule has 0 amide bonds. The standard InChI is InChI=1S/C10H12N2/c1-2-3-4-10-8-12-6-5-9(10)7-11/h3-8,11H,2H2,1H3/b4-3-,11-7?. The van der Waals surface area contributed by atoms with Crippen LogP contribution in [0.5, 0.6) is 0 Å². The Morgan fingerprint density at radius 2 is 2.33 bits per heavy atom. The van der Waals surface area contributed by atoms with Crippen LogP contribution < -0.4 is 0 Å². The van der Waals surface area contributed by atoms with Crippen LogP contribution in [0.2, 0.25) is 0 Å². The lowest BCUT2D eigenvalue weighted by Crippen LogP contribution is -1.86. The summed E-state index contributed by atoms with van der Waals surface area (Å²) in [5.74, 6) is 0. The number of hydrogen-bond donors (Lipinski definition) is 1. The lowest BCUT2D eigenvalue weighted by Gasteiger charge is -1.96. The van der Waals surface area contributed by atoms with E-state index in [1.165, 1.54) is 6.21 Å². The lowest BCUT2D eigenvalue weighted by atomic mass is 10.1. The predicted octanol–water partition coefficient (Wildman–Crippen LogP) is 2.50. The second-order valence-electron chi connectivity index (χ2n) is 2.46. The molecule has 0 spiro atoms. The quantitative estimate of drug-likeness (QED) is 0.677. The molecule has 0 aromatic carbocycles. The Balaban J connectivity index is 2.96. The Hall–Kier alpha value is -1.44. The molecule has 62 valence electrons. The van der Waals surface area contributed by atoms with Gasteiger partial charge in [0.1, 0.15) is 0 Å². The number of pyridine rings is 1. The van der Waals surface area contributed by atoms with E-state index >= 15 is 0 Å². The highest BCUT2D eigenvalue weighted by atomic mass is 14.6. The third-order valence-electron chi connectivity index (χ3n) is 1.58. The molecule has 0 saturated carbocycles. The van der Waals surface area contributed by atoms with E-state index in [1.54, 1.807) is 12.4 Å². The van der Waals surface area contributed by atoms with E-state index in [1.807, 2.05) is 12.1 Å². The molecule has 2 heteroatoms. The van der Waals surface area contributed by atoms with E-state index in [-0.39, 0.29) is 0 Å². The normalized spacial score (nSPS) is 10.4. The first-order valence-electron chi connectivity index (χ1n) is 3.99. The molecule has 0 unspecified atom stereocenters. The maximum Gasteiger partial charge on any atom is 0.0346 e. The summed E-state index contributed by atoms with van der Waals surface area (Å²) in [6.07, 6.45) is 9.87. The summed E-state index contributed by atoms with van der Waals surface area (Å²) in [5.41, 5.74) is 1.92. The van der Waals surface area contributed by atoms with E-state index in [0.29, 0.717) is 0 Å². The van der Waals surface area contributed by atoms with Crippen LogP contribution in [0.25, 0.3) is 6.08 Å². The van der Waals surface area contributed by atoms with Gasteiger partial charge in [-0.1, -0.05) is 19.1 Å². The fourth-order valence-corrected chi connectivity index (χ4v) is 0.933. The largest absolute Gasteiger partial charge is 0.308 e. The van der Waals surface area contributed by atoms with Crippen molar-refractivity contribution in [2.24, 2.45) is 0 Å². The van der Waals surface area contributed by atoms with Crippen molar-refractivity contribution in [3.05, 3.63) is 35.7 Å². The summed E-state index contributed by atoms with van der Waals surface area (Å²) in [6, 6.07) is 1.84. The van der Waals surface area contributed by atoms with Crippen LogP contribution in [0.3, 0.4) is 0 Å². The van der Waals surface area contributed by atoms with Gasteiger partial charge in [0.05, 0.1) is 0 Å². The maximum absolute atomic E-state index is 7.13. The molecule has 1 rings (SSSR count). The summed E-state index contributed by atoms with van der Waals surface area (Å²) in [6.45, 7) is 2.08. The van der Waals surface area contributed by atoms with E-state index in [0.717, 1.165) is 17.5 Å². The minimum Gasteiger partial charge on any atom is -0.308 e. The molecule has 1 N–H and O–H groups in total. The van der Waals surface area contributed by atoms with Gasteiger partial charge in [-0.25, -0.2) is 0 Å². The summed E-state index contributed by atoms with van der Waals surface area (Å²) in [7, 11) is 0. The van der Waals surface area contributed by atoms with Gasteiger partial charge in [0.15, 0.2) is 0 Å². The Bertz CT molecular complexity index is 290. The molecule has 0 atom stereocenters. The first-order valence-corrected chi connectivity index (χ1v) is 3.99. The van der Waals surface area contributed by atoms with Crippen molar-refractivity contribution in [2.45, 2.75) is 13.3 Å². The zero-order chi connectivity index (χ0) is 8.81. The SMILES string of the molecule is CC/C=C\c1cnccc1C=N. The zero-order valence-electron chi connectivity index (χ0n) is 7.12. The molecule has 2 nitrogen and oxygen atoms in total. The number of nitrogens with one attached hydrogen (secondary N) is 1. The van der Waals surface area contributed by atoms with Crippen LogP contribution in [0.4, 0.5) is 0 Å². The topological polar surface area (TPSA) is 36.7 Å². The van der Waals surface area contributed by atoms with E-state index in [9.17, 15) is 0 Å². The molecular weight excluding hydrogens is 148 g/mol. The first kappa shape index (κ1) is 8.65. The van der Waals surface area contributed by atoms with Gasteiger partial charge >= 0.3 is 0 Å². The number of rotatable bonds is 3. The predicted molar refractivity (Wildman–Crippen MR) is 51.4 cm³/mol. The molecule has 1 heterocycles. The van der Waals surface area contributed by atoms with Crippen LogP contribution in [-0.4, -0.2) is 11.2 Å². The van der Waals surface area contributed by atoms with Gasteiger partial charge in [-0.05, 0) is 12.5 Å². The molecular formula is C10H12N2. The minimum atomic E-state index is 0.912. The van der Waals surface area contributed by atoms with E-state index < -0.39 is 0 Å². The zero-order valence-corrected chi connectivity index (χ0v) is 7.12.